The van der Waals surface area contributed by atoms with Crippen molar-refractivity contribution in [1.29, 1.82) is 0 Å². The molecule has 0 N–H and O–H groups in total. The maximum Gasteiger partial charge on any atom is 0.120 e. The van der Waals surface area contributed by atoms with Crippen LogP contribution in [0.5, 0.6) is 5.75 Å². The summed E-state index contributed by atoms with van der Waals surface area (Å²) in [6.07, 6.45) is 0.302. The average Bonchev–Trinajstić information content (AvgIpc) is 2.28. The molecule has 102 valence electrons. The predicted molar refractivity (Wildman–Crippen MR) is 78.2 cm³/mol. The minimum absolute atomic E-state index is 0.302. The van der Waals surface area contributed by atoms with Crippen LogP contribution in [0, 0.1) is 0 Å². The van der Waals surface area contributed by atoms with Crippen molar-refractivity contribution < 1.29 is 9.47 Å². The number of ether oxygens (including phenoxy) is 2. The van der Waals surface area contributed by atoms with E-state index in [-0.39, 0.29) is 0 Å². The lowest BCUT2D eigenvalue weighted by Crippen LogP contribution is -2.28. The zero-order valence-electron chi connectivity index (χ0n) is 11.4. The number of nitrogens with zero attached hydrogens (tertiary/aromatic N) is 1. The quantitative estimate of drug-likeness (QED) is 0.735. The van der Waals surface area contributed by atoms with Crippen molar-refractivity contribution in [3.63, 3.8) is 0 Å². The van der Waals surface area contributed by atoms with Crippen LogP contribution < -0.4 is 4.74 Å². The Morgan fingerprint density at radius 2 is 1.94 bits per heavy atom. The lowest BCUT2D eigenvalue weighted by atomic mass is 10.3. The van der Waals surface area contributed by atoms with Crippen LogP contribution in [0.25, 0.3) is 0 Å². The molecule has 0 aliphatic rings. The Kier molecular flexibility index (Phi) is 7.32. The molecule has 0 heterocycles. The van der Waals surface area contributed by atoms with Crippen molar-refractivity contribution in [3.05, 3.63) is 28.7 Å². The van der Waals surface area contributed by atoms with Crippen molar-refractivity contribution >= 4 is 15.9 Å². The Bertz CT molecular complexity index is 344. The van der Waals surface area contributed by atoms with Crippen LogP contribution in [0.1, 0.15) is 13.8 Å². The molecule has 0 aromatic heterocycles. The van der Waals surface area contributed by atoms with E-state index in [4.69, 9.17) is 9.47 Å². The van der Waals surface area contributed by atoms with Gasteiger partial charge in [-0.25, -0.2) is 0 Å². The Morgan fingerprint density at radius 3 is 2.61 bits per heavy atom. The number of hydrogen-bond donors (Lipinski definition) is 0. The van der Waals surface area contributed by atoms with E-state index in [2.05, 4.69) is 41.7 Å². The summed E-state index contributed by atoms with van der Waals surface area (Å²) < 4.78 is 12.2. The molecule has 0 spiro atoms. The van der Waals surface area contributed by atoms with Crippen molar-refractivity contribution in [3.8, 4) is 5.75 Å². The highest BCUT2D eigenvalue weighted by molar-refractivity contribution is 9.10. The summed E-state index contributed by atoms with van der Waals surface area (Å²) in [7, 11) is 2.08. The van der Waals surface area contributed by atoms with Gasteiger partial charge < -0.3 is 14.4 Å². The van der Waals surface area contributed by atoms with Crippen LogP contribution in [-0.2, 0) is 4.74 Å². The third-order valence-electron chi connectivity index (χ3n) is 2.46. The van der Waals surface area contributed by atoms with E-state index in [1.54, 1.807) is 0 Å². The third-order valence-corrected chi connectivity index (χ3v) is 2.96. The fraction of sp³-hybridized carbons (Fsp3) is 0.571. The van der Waals surface area contributed by atoms with E-state index in [9.17, 15) is 0 Å². The molecule has 0 saturated carbocycles. The fourth-order valence-corrected chi connectivity index (χ4v) is 1.81. The summed E-state index contributed by atoms with van der Waals surface area (Å²) in [6.45, 7) is 7.39. The minimum Gasteiger partial charge on any atom is -0.492 e. The molecule has 1 aromatic rings. The molecule has 18 heavy (non-hydrogen) atoms. The van der Waals surface area contributed by atoms with Crippen LogP contribution in [-0.4, -0.2) is 44.4 Å². The Balaban J connectivity index is 2.13. The lowest BCUT2D eigenvalue weighted by molar-refractivity contribution is 0.0616. The van der Waals surface area contributed by atoms with E-state index in [1.165, 1.54) is 0 Å². The number of likely N-dealkylation sites (N-methyl/N-ethyl adjacent to an activating group) is 1. The van der Waals surface area contributed by atoms with Gasteiger partial charge in [0.2, 0.25) is 0 Å². The van der Waals surface area contributed by atoms with Crippen molar-refractivity contribution in [2.24, 2.45) is 0 Å². The van der Waals surface area contributed by atoms with Crippen LogP contribution in [0.3, 0.4) is 0 Å². The topological polar surface area (TPSA) is 21.7 Å². The zero-order valence-corrected chi connectivity index (χ0v) is 12.9. The van der Waals surface area contributed by atoms with Crippen molar-refractivity contribution in [1.82, 2.24) is 4.90 Å². The summed E-state index contributed by atoms with van der Waals surface area (Å²) in [5, 5.41) is 0. The molecule has 0 saturated heterocycles. The average molecular weight is 316 g/mol. The van der Waals surface area contributed by atoms with Gasteiger partial charge in [-0.05, 0) is 39.1 Å². The molecule has 0 fully saturated rings. The molecule has 3 nitrogen and oxygen atoms in total. The van der Waals surface area contributed by atoms with E-state index in [1.807, 2.05) is 24.3 Å². The Labute approximate surface area is 118 Å². The molecule has 1 aromatic carbocycles. The zero-order chi connectivity index (χ0) is 13.4. The molecule has 0 radical (unpaired) electrons. The standard InChI is InChI=1S/C14H22BrNO2/c1-12(2)17-9-7-16(3)8-10-18-14-6-4-5-13(15)11-14/h4-6,11-12H,7-10H2,1-3H3. The summed E-state index contributed by atoms with van der Waals surface area (Å²) >= 11 is 3.42. The first kappa shape index (κ1) is 15.5. The van der Waals surface area contributed by atoms with Gasteiger partial charge in [-0.3, -0.25) is 0 Å². The van der Waals surface area contributed by atoms with Gasteiger partial charge in [0.1, 0.15) is 12.4 Å². The molecule has 0 aliphatic heterocycles. The normalized spacial score (nSPS) is 11.2. The number of benzene rings is 1. The summed E-state index contributed by atoms with van der Waals surface area (Å²) in [5.74, 6) is 0.899. The largest absolute Gasteiger partial charge is 0.492 e. The highest BCUT2D eigenvalue weighted by Crippen LogP contribution is 2.17. The molecule has 0 amide bonds. The second kappa shape index (κ2) is 8.51. The van der Waals surface area contributed by atoms with Gasteiger partial charge in [0.15, 0.2) is 0 Å². The molecule has 0 aliphatic carbocycles. The molecule has 0 bridgehead atoms. The first-order valence-corrected chi connectivity index (χ1v) is 7.05. The van der Waals surface area contributed by atoms with E-state index in [0.29, 0.717) is 12.7 Å². The van der Waals surface area contributed by atoms with E-state index in [0.717, 1.165) is 29.9 Å². The SMILES string of the molecule is CC(C)OCCN(C)CCOc1cccc(Br)c1. The number of rotatable bonds is 8. The number of halogens is 1. The van der Waals surface area contributed by atoms with E-state index >= 15 is 0 Å². The predicted octanol–water partition coefficient (Wildman–Crippen LogP) is 3.18. The Morgan fingerprint density at radius 1 is 1.22 bits per heavy atom. The second-order valence-electron chi connectivity index (χ2n) is 4.53. The minimum atomic E-state index is 0.302. The highest BCUT2D eigenvalue weighted by atomic mass is 79.9. The summed E-state index contributed by atoms with van der Waals surface area (Å²) in [4.78, 5) is 2.21. The third kappa shape index (κ3) is 6.99. The maximum atomic E-state index is 5.67. The monoisotopic (exact) mass is 315 g/mol. The maximum absolute atomic E-state index is 5.67. The van der Waals surface area contributed by atoms with Gasteiger partial charge in [0.05, 0.1) is 12.7 Å². The van der Waals surface area contributed by atoms with Gasteiger partial charge in [0.25, 0.3) is 0 Å². The molecule has 1 rings (SSSR count). The molecular weight excluding hydrogens is 294 g/mol. The lowest BCUT2D eigenvalue weighted by Gasteiger charge is -2.17. The second-order valence-corrected chi connectivity index (χ2v) is 5.44. The summed E-state index contributed by atoms with van der Waals surface area (Å²) in [6, 6.07) is 7.90. The van der Waals surface area contributed by atoms with Gasteiger partial charge in [0, 0.05) is 17.6 Å². The van der Waals surface area contributed by atoms with Gasteiger partial charge in [-0.1, -0.05) is 22.0 Å². The van der Waals surface area contributed by atoms with Gasteiger partial charge >= 0.3 is 0 Å². The van der Waals surface area contributed by atoms with Gasteiger partial charge in [-0.2, -0.15) is 0 Å². The van der Waals surface area contributed by atoms with Crippen molar-refractivity contribution in [2.45, 2.75) is 20.0 Å². The van der Waals surface area contributed by atoms with Gasteiger partial charge in [-0.15, -0.1) is 0 Å². The van der Waals surface area contributed by atoms with Crippen LogP contribution in [0.2, 0.25) is 0 Å². The smallest absolute Gasteiger partial charge is 0.120 e. The highest BCUT2D eigenvalue weighted by Gasteiger charge is 2.00. The van der Waals surface area contributed by atoms with Crippen LogP contribution in [0.4, 0.5) is 0 Å². The summed E-state index contributed by atoms with van der Waals surface area (Å²) in [5.41, 5.74) is 0. The molecule has 0 atom stereocenters. The molecular formula is C14H22BrNO2. The Hall–Kier alpha value is -0.580. The first-order chi connectivity index (χ1) is 8.58. The van der Waals surface area contributed by atoms with E-state index < -0.39 is 0 Å². The van der Waals surface area contributed by atoms with Crippen LogP contribution in [0.15, 0.2) is 28.7 Å². The molecule has 0 unspecified atom stereocenters. The molecule has 4 heteroatoms. The first-order valence-electron chi connectivity index (χ1n) is 6.26. The van der Waals surface area contributed by atoms with Crippen LogP contribution >= 0.6 is 15.9 Å². The number of hydrogen-bond acceptors (Lipinski definition) is 3. The van der Waals surface area contributed by atoms with Crippen molar-refractivity contribution in [2.75, 3.05) is 33.4 Å². The fourth-order valence-electron chi connectivity index (χ4n) is 1.43.